The lowest BCUT2D eigenvalue weighted by Crippen LogP contribution is -2.46. The Morgan fingerprint density at radius 3 is 2.47 bits per heavy atom. The molecule has 0 bridgehead atoms. The molecule has 1 aromatic carbocycles. The molecule has 0 unspecified atom stereocenters. The van der Waals surface area contributed by atoms with Gasteiger partial charge in [0.1, 0.15) is 11.6 Å². The monoisotopic (exact) mass is 587 g/mol. The fraction of sp³-hybridized carbons (Fsp3) is 0.576. The second-order valence-electron chi connectivity index (χ2n) is 12.9. The number of rotatable bonds is 11. The smallest absolute Gasteiger partial charge is 0.305 e. The predicted molar refractivity (Wildman–Crippen MR) is 163 cm³/mol. The van der Waals surface area contributed by atoms with Gasteiger partial charge < -0.3 is 24.5 Å². The number of aromatic nitrogens is 4. The van der Waals surface area contributed by atoms with E-state index in [0.717, 1.165) is 19.1 Å². The van der Waals surface area contributed by atoms with Gasteiger partial charge in [0.25, 0.3) is 5.91 Å². The molecule has 2 saturated heterocycles. The minimum atomic E-state index is -0.868. The van der Waals surface area contributed by atoms with Gasteiger partial charge >= 0.3 is 5.97 Å². The van der Waals surface area contributed by atoms with Crippen LogP contribution in [0, 0.1) is 5.41 Å². The lowest BCUT2D eigenvalue weighted by molar-refractivity contribution is -0.137. The Bertz CT molecular complexity index is 1340. The zero-order valence-corrected chi connectivity index (χ0v) is 25.2. The standard InChI is InChI=1S/C33H45N7O3/c41-31(42)10-17-39-21-16-36-30(39)24-40(23-29-34-14-15-35-29)32(43)27-8-6-26(7-9-27)22-37-18-11-33(25-37)12-19-38(20-13-33)28-4-2-1-3-5-28/h6-9,14-16,21,28H,1-5,10-13,17-20,22-25H2,(H,34,35)(H,41,42). The maximum atomic E-state index is 13.7. The van der Waals surface area contributed by atoms with Gasteiger partial charge in [-0.25, -0.2) is 9.97 Å². The number of aryl methyl sites for hydroxylation is 1. The fourth-order valence-electron chi connectivity index (χ4n) is 7.42. The third kappa shape index (κ3) is 7.36. The molecule has 2 aromatic heterocycles. The maximum Gasteiger partial charge on any atom is 0.305 e. The predicted octanol–water partition coefficient (Wildman–Crippen LogP) is 4.54. The van der Waals surface area contributed by atoms with Crippen molar-refractivity contribution in [1.29, 1.82) is 0 Å². The SMILES string of the molecule is O=C(O)CCn1ccnc1CN(Cc1ncc[nH]1)C(=O)c1ccc(CN2CCC3(CCN(C4CCCCC4)CC3)C2)cc1. The molecule has 1 spiro atoms. The summed E-state index contributed by atoms with van der Waals surface area (Å²) >= 11 is 0. The summed E-state index contributed by atoms with van der Waals surface area (Å²) in [6, 6.07) is 8.86. The number of carboxylic acids is 1. The van der Waals surface area contributed by atoms with Gasteiger partial charge in [-0.3, -0.25) is 14.5 Å². The van der Waals surface area contributed by atoms with Crippen molar-refractivity contribution in [3.05, 3.63) is 71.8 Å². The first-order valence-electron chi connectivity index (χ1n) is 16.0. The van der Waals surface area contributed by atoms with Crippen LogP contribution in [0.15, 0.2) is 49.1 Å². The summed E-state index contributed by atoms with van der Waals surface area (Å²) in [5.74, 6) is 0.347. The Hall–Kier alpha value is -3.50. The molecule has 2 N–H and O–H groups in total. The van der Waals surface area contributed by atoms with E-state index >= 15 is 0 Å². The Morgan fingerprint density at radius 1 is 0.977 bits per heavy atom. The Kier molecular flexibility index (Phi) is 9.23. The maximum absolute atomic E-state index is 13.7. The van der Waals surface area contributed by atoms with Gasteiger partial charge in [-0.2, -0.15) is 0 Å². The Labute approximate surface area is 254 Å². The summed E-state index contributed by atoms with van der Waals surface area (Å²) in [6.45, 7) is 6.63. The summed E-state index contributed by atoms with van der Waals surface area (Å²) < 4.78 is 1.79. The first-order valence-corrected chi connectivity index (χ1v) is 16.0. The molecule has 3 aromatic rings. The first-order chi connectivity index (χ1) is 21.0. The summed E-state index contributed by atoms with van der Waals surface area (Å²) in [6.07, 6.45) is 17.8. The molecule has 10 heteroatoms. The van der Waals surface area contributed by atoms with Gasteiger partial charge in [0.05, 0.1) is 19.5 Å². The van der Waals surface area contributed by atoms with Crippen LogP contribution >= 0.6 is 0 Å². The van der Waals surface area contributed by atoms with Crippen molar-refractivity contribution < 1.29 is 14.7 Å². The summed E-state index contributed by atoms with van der Waals surface area (Å²) in [4.78, 5) is 43.7. The molecule has 6 rings (SSSR count). The average Bonchev–Trinajstić information content (AvgIpc) is 3.79. The van der Waals surface area contributed by atoms with Gasteiger partial charge in [-0.1, -0.05) is 31.4 Å². The van der Waals surface area contributed by atoms with E-state index in [1.807, 2.05) is 12.1 Å². The van der Waals surface area contributed by atoms with E-state index in [1.165, 1.54) is 76.6 Å². The van der Waals surface area contributed by atoms with E-state index in [4.69, 9.17) is 5.11 Å². The van der Waals surface area contributed by atoms with Crippen molar-refractivity contribution in [2.45, 2.75) is 90.0 Å². The van der Waals surface area contributed by atoms with E-state index in [1.54, 1.807) is 34.3 Å². The molecule has 2 aliphatic heterocycles. The summed E-state index contributed by atoms with van der Waals surface area (Å²) in [5.41, 5.74) is 2.32. The van der Waals surface area contributed by atoms with E-state index in [0.29, 0.717) is 35.7 Å². The van der Waals surface area contributed by atoms with Crippen molar-refractivity contribution in [2.24, 2.45) is 5.41 Å². The van der Waals surface area contributed by atoms with Gasteiger partial charge in [0.15, 0.2) is 0 Å². The summed E-state index contributed by atoms with van der Waals surface area (Å²) in [7, 11) is 0. The molecule has 3 fully saturated rings. The number of carboxylic acid groups (broad SMARTS) is 1. The highest BCUT2D eigenvalue weighted by Crippen LogP contribution is 2.42. The van der Waals surface area contributed by atoms with E-state index in [9.17, 15) is 9.59 Å². The molecule has 43 heavy (non-hydrogen) atoms. The number of imidazole rings is 2. The largest absolute Gasteiger partial charge is 0.481 e. The van der Waals surface area contributed by atoms with E-state index < -0.39 is 5.97 Å². The second kappa shape index (κ2) is 13.4. The number of carbonyl (C=O) groups is 2. The lowest BCUT2D eigenvalue weighted by atomic mass is 9.77. The Balaban J connectivity index is 1.06. The van der Waals surface area contributed by atoms with Gasteiger partial charge in [-0.15, -0.1) is 0 Å². The quantitative estimate of drug-likeness (QED) is 0.339. The topological polar surface area (TPSA) is 111 Å². The van der Waals surface area contributed by atoms with Crippen LogP contribution in [0.3, 0.4) is 0 Å². The third-order valence-electron chi connectivity index (χ3n) is 9.96. The van der Waals surface area contributed by atoms with Crippen LogP contribution in [0.4, 0.5) is 0 Å². The molecule has 0 radical (unpaired) electrons. The van der Waals surface area contributed by atoms with E-state index in [2.05, 4.69) is 36.9 Å². The number of amides is 1. The molecule has 3 aliphatic rings. The number of benzene rings is 1. The molecule has 10 nitrogen and oxygen atoms in total. The number of nitrogens with zero attached hydrogens (tertiary/aromatic N) is 6. The fourth-order valence-corrected chi connectivity index (χ4v) is 7.42. The highest BCUT2D eigenvalue weighted by molar-refractivity contribution is 5.94. The highest BCUT2D eigenvalue weighted by Gasteiger charge is 2.41. The van der Waals surface area contributed by atoms with Crippen LogP contribution in [0.2, 0.25) is 0 Å². The lowest BCUT2D eigenvalue weighted by Gasteiger charge is -2.43. The number of H-pyrrole nitrogens is 1. The number of hydrogen-bond acceptors (Lipinski definition) is 6. The molecule has 1 amide bonds. The number of aromatic amines is 1. The third-order valence-corrected chi connectivity index (χ3v) is 9.96. The van der Waals surface area contributed by atoms with Gasteiger partial charge in [0.2, 0.25) is 0 Å². The van der Waals surface area contributed by atoms with Crippen LogP contribution in [0.25, 0.3) is 0 Å². The minimum Gasteiger partial charge on any atom is -0.481 e. The highest BCUT2D eigenvalue weighted by atomic mass is 16.4. The second-order valence-corrected chi connectivity index (χ2v) is 12.9. The molecular formula is C33H45N7O3. The number of nitrogens with one attached hydrogen (secondary N) is 1. The number of likely N-dealkylation sites (tertiary alicyclic amines) is 2. The van der Waals surface area contributed by atoms with Crippen LogP contribution in [-0.4, -0.2) is 83.4 Å². The molecule has 1 saturated carbocycles. The zero-order chi connectivity index (χ0) is 29.6. The molecule has 4 heterocycles. The first kappa shape index (κ1) is 29.6. The normalized spacial score (nSPS) is 19.6. The van der Waals surface area contributed by atoms with Crippen molar-refractivity contribution in [3.8, 4) is 0 Å². The Morgan fingerprint density at radius 2 is 1.74 bits per heavy atom. The summed E-state index contributed by atoms with van der Waals surface area (Å²) in [5, 5.41) is 9.11. The molecular weight excluding hydrogens is 542 g/mol. The number of aliphatic carboxylic acids is 1. The average molecular weight is 588 g/mol. The number of hydrogen-bond donors (Lipinski definition) is 2. The van der Waals surface area contributed by atoms with Crippen molar-refractivity contribution >= 4 is 11.9 Å². The molecule has 230 valence electrons. The van der Waals surface area contributed by atoms with Crippen LogP contribution in [0.5, 0.6) is 0 Å². The zero-order valence-electron chi connectivity index (χ0n) is 25.2. The molecule has 0 atom stereocenters. The van der Waals surface area contributed by atoms with Gasteiger partial charge in [-0.05, 0) is 74.8 Å². The minimum absolute atomic E-state index is 0.00595. The van der Waals surface area contributed by atoms with E-state index in [-0.39, 0.29) is 18.9 Å². The van der Waals surface area contributed by atoms with Crippen molar-refractivity contribution in [3.63, 3.8) is 0 Å². The van der Waals surface area contributed by atoms with Crippen LogP contribution < -0.4 is 0 Å². The van der Waals surface area contributed by atoms with Crippen LogP contribution in [-0.2, 0) is 31.0 Å². The van der Waals surface area contributed by atoms with Crippen molar-refractivity contribution in [1.82, 2.24) is 34.2 Å². The van der Waals surface area contributed by atoms with Crippen molar-refractivity contribution in [2.75, 3.05) is 26.2 Å². The van der Waals surface area contributed by atoms with Crippen LogP contribution in [0.1, 0.15) is 85.4 Å². The number of carbonyl (C=O) groups excluding carboxylic acids is 1. The van der Waals surface area contributed by atoms with Gasteiger partial charge in [0, 0.05) is 56.0 Å². The number of piperidine rings is 1. The molecule has 1 aliphatic carbocycles.